The molecule has 2 rings (SSSR count). The number of ether oxygens (including phenoxy) is 1. The number of rotatable bonds is 6. The van der Waals surface area contributed by atoms with E-state index in [9.17, 15) is 0 Å². The van der Waals surface area contributed by atoms with Crippen LogP contribution in [-0.4, -0.2) is 29.5 Å². The van der Waals surface area contributed by atoms with E-state index in [-0.39, 0.29) is 0 Å². The van der Waals surface area contributed by atoms with Crippen molar-refractivity contribution in [1.29, 1.82) is 0 Å². The number of nitrogens with one attached hydrogen (secondary N) is 1. The molecule has 1 saturated heterocycles. The number of aromatic nitrogens is 2. The Morgan fingerprint density at radius 3 is 2.94 bits per heavy atom. The average molecular weight is 272 g/mol. The van der Waals surface area contributed by atoms with E-state index in [1.54, 1.807) is 0 Å². The number of aryl methyl sites for hydroxylation is 2. The first-order chi connectivity index (χ1) is 8.76. The highest BCUT2D eigenvalue weighted by molar-refractivity contribution is 6.31. The Morgan fingerprint density at radius 2 is 2.33 bits per heavy atom. The Labute approximate surface area is 114 Å². The van der Waals surface area contributed by atoms with E-state index in [0.717, 1.165) is 62.1 Å². The highest BCUT2D eigenvalue weighted by Crippen LogP contribution is 2.21. The highest BCUT2D eigenvalue weighted by Gasteiger charge is 2.17. The van der Waals surface area contributed by atoms with Gasteiger partial charge in [-0.05, 0) is 25.7 Å². The highest BCUT2D eigenvalue weighted by atomic mass is 35.5. The van der Waals surface area contributed by atoms with Gasteiger partial charge < -0.3 is 10.1 Å². The van der Waals surface area contributed by atoms with Crippen LogP contribution in [0.1, 0.15) is 31.7 Å². The van der Waals surface area contributed by atoms with Gasteiger partial charge in [-0.15, -0.1) is 0 Å². The first-order valence-electron chi connectivity index (χ1n) is 6.78. The Balaban J connectivity index is 1.92. The SMILES string of the molecule is CCc1nn(CC)c(CNCC2CCOC2)c1Cl. The summed E-state index contributed by atoms with van der Waals surface area (Å²) >= 11 is 6.36. The van der Waals surface area contributed by atoms with Crippen LogP contribution < -0.4 is 5.32 Å². The Bertz CT molecular complexity index is 386. The van der Waals surface area contributed by atoms with Crippen LogP contribution in [0.15, 0.2) is 0 Å². The van der Waals surface area contributed by atoms with Gasteiger partial charge in [0.1, 0.15) is 0 Å². The van der Waals surface area contributed by atoms with Gasteiger partial charge >= 0.3 is 0 Å². The topological polar surface area (TPSA) is 39.1 Å². The van der Waals surface area contributed by atoms with E-state index >= 15 is 0 Å². The maximum atomic E-state index is 6.36. The Hall–Kier alpha value is -0.580. The minimum Gasteiger partial charge on any atom is -0.381 e. The summed E-state index contributed by atoms with van der Waals surface area (Å²) < 4.78 is 7.37. The second kappa shape index (κ2) is 6.55. The van der Waals surface area contributed by atoms with Crippen molar-refractivity contribution in [1.82, 2.24) is 15.1 Å². The van der Waals surface area contributed by atoms with E-state index in [0.29, 0.717) is 5.92 Å². The van der Waals surface area contributed by atoms with Crippen molar-refractivity contribution in [3.63, 3.8) is 0 Å². The third-order valence-corrected chi connectivity index (χ3v) is 3.88. The second-order valence-corrected chi connectivity index (χ2v) is 5.12. The van der Waals surface area contributed by atoms with Crippen LogP contribution in [0.5, 0.6) is 0 Å². The largest absolute Gasteiger partial charge is 0.381 e. The minimum atomic E-state index is 0.646. The molecule has 1 atom stereocenters. The summed E-state index contributed by atoms with van der Waals surface area (Å²) in [7, 11) is 0. The van der Waals surface area contributed by atoms with Gasteiger partial charge in [0.2, 0.25) is 0 Å². The van der Waals surface area contributed by atoms with E-state index in [1.807, 2.05) is 4.68 Å². The summed E-state index contributed by atoms with van der Waals surface area (Å²) in [6.45, 7) is 8.61. The van der Waals surface area contributed by atoms with Crippen molar-refractivity contribution < 1.29 is 4.74 Å². The minimum absolute atomic E-state index is 0.646. The molecule has 2 heterocycles. The lowest BCUT2D eigenvalue weighted by Gasteiger charge is -2.10. The quantitative estimate of drug-likeness (QED) is 0.863. The van der Waals surface area contributed by atoms with Gasteiger partial charge in [0.25, 0.3) is 0 Å². The number of hydrogen-bond acceptors (Lipinski definition) is 3. The molecule has 1 aliphatic heterocycles. The lowest BCUT2D eigenvalue weighted by molar-refractivity contribution is 0.185. The summed E-state index contributed by atoms with van der Waals surface area (Å²) in [5, 5.41) is 8.82. The van der Waals surface area contributed by atoms with Gasteiger partial charge in [0.15, 0.2) is 0 Å². The normalized spacial score (nSPS) is 19.6. The molecule has 1 N–H and O–H groups in total. The second-order valence-electron chi connectivity index (χ2n) is 4.74. The molecule has 0 saturated carbocycles. The van der Waals surface area contributed by atoms with Crippen LogP contribution in [0.3, 0.4) is 0 Å². The molecule has 1 aromatic heterocycles. The number of hydrogen-bond donors (Lipinski definition) is 1. The smallest absolute Gasteiger partial charge is 0.0863 e. The summed E-state index contributed by atoms with van der Waals surface area (Å²) in [6, 6.07) is 0. The molecule has 1 aliphatic rings. The van der Waals surface area contributed by atoms with Crippen LogP contribution in [-0.2, 0) is 24.2 Å². The van der Waals surface area contributed by atoms with Crippen molar-refractivity contribution in [2.45, 2.75) is 39.8 Å². The summed E-state index contributed by atoms with van der Waals surface area (Å²) in [6.07, 6.45) is 2.04. The molecule has 1 aromatic rings. The fraction of sp³-hybridized carbons (Fsp3) is 0.769. The molecular formula is C13H22ClN3O. The molecule has 0 bridgehead atoms. The van der Waals surface area contributed by atoms with Crippen LogP contribution in [0, 0.1) is 5.92 Å². The average Bonchev–Trinajstić information content (AvgIpc) is 2.99. The summed E-state index contributed by atoms with van der Waals surface area (Å²) in [5.41, 5.74) is 2.11. The van der Waals surface area contributed by atoms with Crippen molar-refractivity contribution in [3.05, 3.63) is 16.4 Å². The fourth-order valence-electron chi connectivity index (χ4n) is 2.33. The van der Waals surface area contributed by atoms with Crippen molar-refractivity contribution in [3.8, 4) is 0 Å². The zero-order valence-corrected chi connectivity index (χ0v) is 12.0. The van der Waals surface area contributed by atoms with Crippen molar-refractivity contribution >= 4 is 11.6 Å². The fourth-order valence-corrected chi connectivity index (χ4v) is 2.66. The predicted molar refractivity (Wildman–Crippen MR) is 72.9 cm³/mol. The maximum absolute atomic E-state index is 6.36. The molecule has 18 heavy (non-hydrogen) atoms. The zero-order valence-electron chi connectivity index (χ0n) is 11.2. The summed E-state index contributed by atoms with van der Waals surface area (Å²) in [5.74, 6) is 0.646. The van der Waals surface area contributed by atoms with Crippen LogP contribution >= 0.6 is 11.6 Å². The van der Waals surface area contributed by atoms with Crippen molar-refractivity contribution in [2.24, 2.45) is 5.92 Å². The van der Waals surface area contributed by atoms with Gasteiger partial charge in [-0.1, -0.05) is 18.5 Å². The van der Waals surface area contributed by atoms with Crippen molar-refractivity contribution in [2.75, 3.05) is 19.8 Å². The molecule has 0 aliphatic carbocycles. The van der Waals surface area contributed by atoms with Gasteiger partial charge in [0.05, 0.1) is 23.0 Å². The maximum Gasteiger partial charge on any atom is 0.0863 e. The van der Waals surface area contributed by atoms with E-state index in [1.165, 1.54) is 0 Å². The van der Waals surface area contributed by atoms with Crippen LogP contribution in [0.25, 0.3) is 0 Å². The number of nitrogens with zero attached hydrogens (tertiary/aromatic N) is 2. The molecule has 0 amide bonds. The van der Waals surface area contributed by atoms with Crippen LogP contribution in [0.4, 0.5) is 0 Å². The molecule has 1 fully saturated rings. The molecule has 5 heteroatoms. The first-order valence-corrected chi connectivity index (χ1v) is 7.16. The van der Waals surface area contributed by atoms with E-state index in [2.05, 4.69) is 24.3 Å². The predicted octanol–water partition coefficient (Wildman–Crippen LogP) is 2.24. The van der Waals surface area contributed by atoms with Crippen LogP contribution in [0.2, 0.25) is 5.02 Å². The molecule has 0 radical (unpaired) electrons. The van der Waals surface area contributed by atoms with Gasteiger partial charge in [-0.2, -0.15) is 5.10 Å². The first kappa shape index (κ1) is 13.8. The third kappa shape index (κ3) is 3.05. The number of halogens is 1. The van der Waals surface area contributed by atoms with E-state index < -0.39 is 0 Å². The molecule has 102 valence electrons. The van der Waals surface area contributed by atoms with Gasteiger partial charge in [-0.25, -0.2) is 0 Å². The zero-order chi connectivity index (χ0) is 13.0. The lowest BCUT2D eigenvalue weighted by Crippen LogP contribution is -2.24. The Kier molecular flexibility index (Phi) is 5.03. The molecular weight excluding hydrogens is 250 g/mol. The molecule has 4 nitrogen and oxygen atoms in total. The monoisotopic (exact) mass is 271 g/mol. The summed E-state index contributed by atoms with van der Waals surface area (Å²) in [4.78, 5) is 0. The van der Waals surface area contributed by atoms with E-state index in [4.69, 9.17) is 16.3 Å². The molecule has 1 unspecified atom stereocenters. The molecule has 0 aromatic carbocycles. The Morgan fingerprint density at radius 1 is 1.50 bits per heavy atom. The lowest BCUT2D eigenvalue weighted by atomic mass is 10.1. The third-order valence-electron chi connectivity index (χ3n) is 3.44. The standard InChI is InChI=1S/C13H22ClN3O/c1-3-11-13(14)12(17(4-2)16-11)8-15-7-10-5-6-18-9-10/h10,15H,3-9H2,1-2H3. The molecule has 0 spiro atoms. The van der Waals surface area contributed by atoms with Gasteiger partial charge in [0, 0.05) is 26.2 Å². The van der Waals surface area contributed by atoms with Gasteiger partial charge in [-0.3, -0.25) is 4.68 Å².